The average molecular weight is 357 g/mol. The molecule has 0 bridgehead atoms. The molecule has 0 spiro atoms. The van der Waals surface area contributed by atoms with Gasteiger partial charge in [0.25, 0.3) is 0 Å². The Bertz CT molecular complexity index is 578. The molecule has 0 aromatic heterocycles. The highest BCUT2D eigenvalue weighted by Crippen LogP contribution is 2.43. The van der Waals surface area contributed by atoms with Gasteiger partial charge >= 0.3 is 5.97 Å². The standard InChI is InChI=1S/C18H22Cl2O3/c1-23-17(22)12-18(7-3-2-4-8-18)11-15(21)9-13-5-6-14(19)10-16(13)20/h5-6,10H,2-4,7-9,11-12H2,1H3. The zero-order chi connectivity index (χ0) is 16.9. The third kappa shape index (κ3) is 5.22. The van der Waals surface area contributed by atoms with Crippen molar-refractivity contribution >= 4 is 35.0 Å². The molecule has 0 heterocycles. The van der Waals surface area contributed by atoms with E-state index in [0.29, 0.717) is 22.9 Å². The van der Waals surface area contributed by atoms with Gasteiger partial charge in [-0.1, -0.05) is 48.5 Å². The predicted octanol–water partition coefficient (Wildman–Crippen LogP) is 5.01. The molecule has 0 N–H and O–H groups in total. The van der Waals surface area contributed by atoms with Crippen LogP contribution >= 0.6 is 23.2 Å². The fourth-order valence-corrected chi connectivity index (χ4v) is 3.93. The number of carbonyl (C=O) groups is 2. The molecule has 23 heavy (non-hydrogen) atoms. The second kappa shape index (κ2) is 8.16. The van der Waals surface area contributed by atoms with Gasteiger partial charge in [-0.25, -0.2) is 0 Å². The average Bonchev–Trinajstić information content (AvgIpc) is 2.50. The Balaban J connectivity index is 2.06. The zero-order valence-corrected chi connectivity index (χ0v) is 14.9. The van der Waals surface area contributed by atoms with Gasteiger partial charge in [0.05, 0.1) is 13.5 Å². The number of ether oxygens (including phenoxy) is 1. The number of carbonyl (C=O) groups excluding carboxylic acids is 2. The third-order valence-electron chi connectivity index (χ3n) is 4.64. The van der Waals surface area contributed by atoms with Crippen molar-refractivity contribution in [3.05, 3.63) is 33.8 Å². The number of hydrogen-bond acceptors (Lipinski definition) is 3. The van der Waals surface area contributed by atoms with E-state index in [1.165, 1.54) is 13.5 Å². The Morgan fingerprint density at radius 2 is 1.83 bits per heavy atom. The molecule has 0 atom stereocenters. The van der Waals surface area contributed by atoms with Gasteiger partial charge in [0, 0.05) is 22.9 Å². The SMILES string of the molecule is COC(=O)CC1(CC(=O)Cc2ccc(Cl)cc2Cl)CCCCC1. The van der Waals surface area contributed by atoms with Gasteiger partial charge in [-0.15, -0.1) is 0 Å². The van der Waals surface area contributed by atoms with E-state index in [9.17, 15) is 9.59 Å². The predicted molar refractivity (Wildman–Crippen MR) is 91.9 cm³/mol. The monoisotopic (exact) mass is 356 g/mol. The summed E-state index contributed by atoms with van der Waals surface area (Å²) in [4.78, 5) is 24.3. The highest BCUT2D eigenvalue weighted by atomic mass is 35.5. The molecule has 0 radical (unpaired) electrons. The van der Waals surface area contributed by atoms with Crippen molar-refractivity contribution in [1.82, 2.24) is 0 Å². The molecule has 0 amide bonds. The number of halogens is 2. The van der Waals surface area contributed by atoms with Gasteiger partial charge in [0.1, 0.15) is 5.78 Å². The second-order valence-corrected chi connectivity index (χ2v) is 7.29. The van der Waals surface area contributed by atoms with Crippen LogP contribution in [0.2, 0.25) is 10.0 Å². The minimum atomic E-state index is -0.249. The van der Waals surface area contributed by atoms with Crippen LogP contribution in [0.3, 0.4) is 0 Å². The number of rotatable bonds is 6. The van der Waals surface area contributed by atoms with E-state index in [-0.39, 0.29) is 23.6 Å². The van der Waals surface area contributed by atoms with E-state index < -0.39 is 0 Å². The molecule has 1 aromatic rings. The van der Waals surface area contributed by atoms with Crippen molar-refractivity contribution in [2.24, 2.45) is 5.41 Å². The van der Waals surface area contributed by atoms with Crippen LogP contribution < -0.4 is 0 Å². The molecule has 1 aliphatic rings. The van der Waals surface area contributed by atoms with Crippen LogP contribution in [0, 0.1) is 5.41 Å². The maximum atomic E-state index is 12.5. The Kier molecular flexibility index (Phi) is 6.49. The topological polar surface area (TPSA) is 43.4 Å². The first-order chi connectivity index (χ1) is 10.9. The first kappa shape index (κ1) is 18.3. The van der Waals surface area contributed by atoms with Gasteiger partial charge in [0.15, 0.2) is 0 Å². The molecule has 5 heteroatoms. The summed E-state index contributed by atoms with van der Waals surface area (Å²) in [5.41, 5.74) is 0.534. The summed E-state index contributed by atoms with van der Waals surface area (Å²) in [6.07, 6.45) is 6.10. The van der Waals surface area contributed by atoms with Crippen LogP contribution in [0.5, 0.6) is 0 Å². The van der Waals surface area contributed by atoms with Crippen molar-refractivity contribution in [3.8, 4) is 0 Å². The number of methoxy groups -OCH3 is 1. The molecule has 1 aliphatic carbocycles. The Labute approximate surface area is 147 Å². The minimum absolute atomic E-state index is 0.111. The molecule has 1 aromatic carbocycles. The number of hydrogen-bond donors (Lipinski definition) is 0. The van der Waals surface area contributed by atoms with Crippen molar-refractivity contribution < 1.29 is 14.3 Å². The lowest BCUT2D eigenvalue weighted by molar-refractivity contribution is -0.144. The van der Waals surface area contributed by atoms with Gasteiger partial charge in [-0.3, -0.25) is 9.59 Å². The van der Waals surface area contributed by atoms with Gasteiger partial charge in [-0.2, -0.15) is 0 Å². The molecule has 126 valence electrons. The summed E-state index contributed by atoms with van der Waals surface area (Å²) in [7, 11) is 1.40. The van der Waals surface area contributed by atoms with Crippen LogP contribution in [0.4, 0.5) is 0 Å². The van der Waals surface area contributed by atoms with Crippen molar-refractivity contribution in [1.29, 1.82) is 0 Å². The summed E-state index contributed by atoms with van der Waals surface area (Å²) in [6.45, 7) is 0. The van der Waals surface area contributed by atoms with Gasteiger partial charge in [-0.05, 0) is 36.0 Å². The number of esters is 1. The fraction of sp³-hybridized carbons (Fsp3) is 0.556. The van der Waals surface area contributed by atoms with Crippen molar-refractivity contribution in [2.45, 2.75) is 51.4 Å². The van der Waals surface area contributed by atoms with Crippen LogP contribution in [0.15, 0.2) is 18.2 Å². The summed E-state index contributed by atoms with van der Waals surface area (Å²) in [6, 6.07) is 5.17. The summed E-state index contributed by atoms with van der Waals surface area (Å²) >= 11 is 12.0. The van der Waals surface area contributed by atoms with Crippen molar-refractivity contribution in [3.63, 3.8) is 0 Å². The Morgan fingerprint density at radius 1 is 1.13 bits per heavy atom. The van der Waals surface area contributed by atoms with Crippen LogP contribution in [0.1, 0.15) is 50.5 Å². The zero-order valence-electron chi connectivity index (χ0n) is 13.4. The van der Waals surface area contributed by atoms with E-state index in [1.54, 1.807) is 18.2 Å². The van der Waals surface area contributed by atoms with E-state index in [0.717, 1.165) is 31.2 Å². The minimum Gasteiger partial charge on any atom is -0.469 e. The lowest BCUT2D eigenvalue weighted by Gasteiger charge is -2.36. The molecular weight excluding hydrogens is 335 g/mol. The molecule has 1 fully saturated rings. The molecular formula is C18H22Cl2O3. The van der Waals surface area contributed by atoms with Crippen molar-refractivity contribution in [2.75, 3.05) is 7.11 Å². The molecule has 0 saturated heterocycles. The third-order valence-corrected chi connectivity index (χ3v) is 5.22. The first-order valence-corrected chi connectivity index (χ1v) is 8.72. The van der Waals surface area contributed by atoms with Gasteiger partial charge in [0.2, 0.25) is 0 Å². The maximum Gasteiger partial charge on any atom is 0.306 e. The molecule has 3 nitrogen and oxygen atoms in total. The van der Waals surface area contributed by atoms with E-state index in [1.807, 2.05) is 0 Å². The first-order valence-electron chi connectivity index (χ1n) is 7.97. The summed E-state index contributed by atoms with van der Waals surface area (Å²) < 4.78 is 4.82. The number of Topliss-reactive ketones (excluding diaryl/α,β-unsaturated/α-hetero) is 1. The van der Waals surface area contributed by atoms with E-state index in [4.69, 9.17) is 27.9 Å². The fourth-order valence-electron chi connectivity index (χ4n) is 3.45. The Morgan fingerprint density at radius 3 is 2.43 bits per heavy atom. The van der Waals surface area contributed by atoms with E-state index >= 15 is 0 Å². The van der Waals surface area contributed by atoms with E-state index in [2.05, 4.69) is 0 Å². The molecule has 0 aliphatic heterocycles. The molecule has 2 rings (SSSR count). The smallest absolute Gasteiger partial charge is 0.306 e. The van der Waals surface area contributed by atoms with Crippen LogP contribution in [0.25, 0.3) is 0 Å². The van der Waals surface area contributed by atoms with Crippen LogP contribution in [-0.2, 0) is 20.7 Å². The molecule has 1 saturated carbocycles. The van der Waals surface area contributed by atoms with Gasteiger partial charge < -0.3 is 4.74 Å². The highest BCUT2D eigenvalue weighted by molar-refractivity contribution is 6.35. The normalized spacial score (nSPS) is 16.8. The maximum absolute atomic E-state index is 12.5. The highest BCUT2D eigenvalue weighted by Gasteiger charge is 2.36. The summed E-state index contributed by atoms with van der Waals surface area (Å²) in [5, 5.41) is 1.07. The Hall–Kier alpha value is -1.06. The molecule has 0 unspecified atom stereocenters. The quantitative estimate of drug-likeness (QED) is 0.672. The lowest BCUT2D eigenvalue weighted by atomic mass is 9.68. The number of benzene rings is 1. The number of ketones is 1. The lowest BCUT2D eigenvalue weighted by Crippen LogP contribution is -2.31. The summed E-state index contributed by atoms with van der Waals surface area (Å²) in [5.74, 6) is -0.121. The largest absolute Gasteiger partial charge is 0.469 e. The van der Waals surface area contributed by atoms with Crippen LogP contribution in [-0.4, -0.2) is 18.9 Å². The second-order valence-electron chi connectivity index (χ2n) is 6.44.